The highest BCUT2D eigenvalue weighted by Crippen LogP contribution is 1.79. The molecule has 0 radical (unpaired) electrons. The summed E-state index contributed by atoms with van der Waals surface area (Å²) < 4.78 is 0. The van der Waals surface area contributed by atoms with Gasteiger partial charge in [0.05, 0.1) is 0 Å². The quantitative estimate of drug-likeness (QED) is 0.492. The monoisotopic (exact) mass is 97.1 g/mol. The van der Waals surface area contributed by atoms with Gasteiger partial charge in [0.15, 0.2) is 0 Å². The van der Waals surface area contributed by atoms with Crippen LogP contribution < -0.4 is 5.73 Å². The van der Waals surface area contributed by atoms with Crippen molar-refractivity contribution in [3.63, 3.8) is 0 Å². The predicted molar refractivity (Wildman–Crippen MR) is 32.8 cm³/mol. The van der Waals surface area contributed by atoms with Gasteiger partial charge in [0.25, 0.3) is 0 Å². The second-order valence-electron chi connectivity index (χ2n) is 1.44. The zero-order valence-corrected chi connectivity index (χ0v) is 4.81. The lowest BCUT2D eigenvalue weighted by molar-refractivity contribution is 1.32. The Morgan fingerprint density at radius 3 is 2.29 bits per heavy atom. The Balaban J connectivity index is 3.46. The van der Waals surface area contributed by atoms with E-state index in [-0.39, 0.29) is 0 Å². The first-order chi connectivity index (χ1) is 3.27. The molecule has 0 saturated heterocycles. The number of rotatable bonds is 1. The van der Waals surface area contributed by atoms with Crippen molar-refractivity contribution in [2.75, 3.05) is 0 Å². The van der Waals surface area contributed by atoms with Crippen molar-refractivity contribution in [2.45, 2.75) is 13.8 Å². The Kier molecular flexibility index (Phi) is 3.11. The lowest BCUT2D eigenvalue weighted by atomic mass is 10.4. The number of hydrogen-bond acceptors (Lipinski definition) is 1. The summed E-state index contributed by atoms with van der Waals surface area (Å²) in [7, 11) is 0. The maximum Gasteiger partial charge on any atom is 0.00487 e. The minimum Gasteiger partial charge on any atom is -0.402 e. The van der Waals surface area contributed by atoms with E-state index >= 15 is 0 Å². The topological polar surface area (TPSA) is 26.0 Å². The van der Waals surface area contributed by atoms with Gasteiger partial charge < -0.3 is 5.73 Å². The molecule has 0 aliphatic rings. The highest BCUT2D eigenvalue weighted by molar-refractivity contribution is 5.06. The van der Waals surface area contributed by atoms with E-state index in [4.69, 9.17) is 5.73 Å². The molecular weight excluding hydrogens is 86.1 g/mol. The summed E-state index contributed by atoms with van der Waals surface area (Å²) in [5.41, 5.74) is 6.13. The third kappa shape index (κ3) is 5.28. The molecule has 1 heteroatoms. The zero-order valence-electron chi connectivity index (χ0n) is 4.81. The molecule has 0 bridgehead atoms. The second kappa shape index (κ2) is 3.47. The van der Waals surface area contributed by atoms with E-state index in [0.29, 0.717) is 0 Å². The van der Waals surface area contributed by atoms with Gasteiger partial charge in [-0.25, -0.2) is 0 Å². The minimum absolute atomic E-state index is 0.845. The average Bonchev–Trinajstić information content (AvgIpc) is 1.61. The largest absolute Gasteiger partial charge is 0.402 e. The highest BCUT2D eigenvalue weighted by Gasteiger charge is 1.65. The zero-order chi connectivity index (χ0) is 5.70. The van der Waals surface area contributed by atoms with E-state index in [2.05, 4.69) is 0 Å². The van der Waals surface area contributed by atoms with Gasteiger partial charge in [0.2, 0.25) is 0 Å². The molecule has 0 rings (SSSR count). The fourth-order valence-electron chi connectivity index (χ4n) is 0.248. The number of allylic oxidation sites excluding steroid dienone is 4. The van der Waals surface area contributed by atoms with Crippen molar-refractivity contribution in [2.24, 2.45) is 5.73 Å². The van der Waals surface area contributed by atoms with Crippen molar-refractivity contribution in [3.05, 3.63) is 23.9 Å². The lowest BCUT2D eigenvalue weighted by Crippen LogP contribution is -1.87. The Labute approximate surface area is 44.5 Å². The molecule has 40 valence electrons. The van der Waals surface area contributed by atoms with Crippen LogP contribution in [-0.4, -0.2) is 0 Å². The Morgan fingerprint density at radius 2 is 2.14 bits per heavy atom. The SMILES string of the molecule is C/C=C/C=C(\C)N. The molecule has 0 aromatic carbocycles. The third-order valence-corrected chi connectivity index (χ3v) is 0.552. The van der Waals surface area contributed by atoms with Crippen molar-refractivity contribution in [1.29, 1.82) is 0 Å². The van der Waals surface area contributed by atoms with Crippen LogP contribution in [-0.2, 0) is 0 Å². The summed E-state index contributed by atoms with van der Waals surface area (Å²) in [4.78, 5) is 0. The fraction of sp³-hybridized carbons (Fsp3) is 0.333. The van der Waals surface area contributed by atoms with Crippen LogP contribution in [0.3, 0.4) is 0 Å². The molecule has 0 aliphatic carbocycles. The van der Waals surface area contributed by atoms with Gasteiger partial charge >= 0.3 is 0 Å². The van der Waals surface area contributed by atoms with E-state index in [0.717, 1.165) is 5.70 Å². The van der Waals surface area contributed by atoms with Crippen LogP contribution in [0.25, 0.3) is 0 Å². The predicted octanol–water partition coefficient (Wildman–Crippen LogP) is 1.43. The van der Waals surface area contributed by atoms with E-state index in [9.17, 15) is 0 Å². The molecular formula is C6H11N. The molecule has 2 N–H and O–H groups in total. The summed E-state index contributed by atoms with van der Waals surface area (Å²) in [6.45, 7) is 3.82. The van der Waals surface area contributed by atoms with Gasteiger partial charge in [-0.2, -0.15) is 0 Å². The summed E-state index contributed by atoms with van der Waals surface area (Å²) in [5, 5.41) is 0. The van der Waals surface area contributed by atoms with E-state index in [1.165, 1.54) is 0 Å². The summed E-state index contributed by atoms with van der Waals surface area (Å²) in [6.07, 6.45) is 5.71. The van der Waals surface area contributed by atoms with Crippen LogP contribution in [0.4, 0.5) is 0 Å². The lowest BCUT2D eigenvalue weighted by Gasteiger charge is -1.79. The molecule has 0 unspecified atom stereocenters. The van der Waals surface area contributed by atoms with Crippen molar-refractivity contribution in [1.82, 2.24) is 0 Å². The first kappa shape index (κ1) is 6.28. The summed E-state index contributed by atoms with van der Waals surface area (Å²) in [6, 6.07) is 0. The van der Waals surface area contributed by atoms with Gasteiger partial charge in [0, 0.05) is 5.70 Å². The molecule has 0 heterocycles. The minimum atomic E-state index is 0.845. The van der Waals surface area contributed by atoms with Gasteiger partial charge in [-0.05, 0) is 19.9 Å². The van der Waals surface area contributed by atoms with Crippen LogP contribution in [0.2, 0.25) is 0 Å². The average molecular weight is 97.2 g/mol. The highest BCUT2D eigenvalue weighted by atomic mass is 14.5. The molecule has 0 aromatic heterocycles. The van der Waals surface area contributed by atoms with Gasteiger partial charge in [-0.15, -0.1) is 0 Å². The molecule has 1 nitrogen and oxygen atoms in total. The van der Waals surface area contributed by atoms with Gasteiger partial charge in [-0.1, -0.05) is 12.2 Å². The summed E-state index contributed by atoms with van der Waals surface area (Å²) in [5.74, 6) is 0. The van der Waals surface area contributed by atoms with Crippen molar-refractivity contribution < 1.29 is 0 Å². The van der Waals surface area contributed by atoms with E-state index < -0.39 is 0 Å². The van der Waals surface area contributed by atoms with Gasteiger partial charge in [0.1, 0.15) is 0 Å². The molecule has 0 atom stereocenters. The van der Waals surface area contributed by atoms with Crippen LogP contribution in [0.1, 0.15) is 13.8 Å². The smallest absolute Gasteiger partial charge is 0.00487 e. The van der Waals surface area contributed by atoms with Crippen LogP contribution in [0.5, 0.6) is 0 Å². The Morgan fingerprint density at radius 1 is 1.57 bits per heavy atom. The molecule has 0 aliphatic heterocycles. The van der Waals surface area contributed by atoms with Crippen LogP contribution in [0.15, 0.2) is 23.9 Å². The van der Waals surface area contributed by atoms with E-state index in [1.54, 1.807) is 0 Å². The Bertz CT molecular complexity index is 86.4. The maximum absolute atomic E-state index is 5.29. The van der Waals surface area contributed by atoms with E-state index in [1.807, 2.05) is 32.1 Å². The Hall–Kier alpha value is -0.720. The molecule has 0 aromatic rings. The van der Waals surface area contributed by atoms with Crippen LogP contribution >= 0.6 is 0 Å². The standard InChI is InChI=1S/C6H11N/c1-3-4-5-6(2)7/h3-5H,7H2,1-2H3/b4-3+,6-5+. The van der Waals surface area contributed by atoms with Crippen molar-refractivity contribution >= 4 is 0 Å². The molecule has 0 fully saturated rings. The molecule has 7 heavy (non-hydrogen) atoms. The summed E-state index contributed by atoms with van der Waals surface area (Å²) >= 11 is 0. The number of hydrogen-bond donors (Lipinski definition) is 1. The van der Waals surface area contributed by atoms with Gasteiger partial charge in [-0.3, -0.25) is 0 Å². The second-order valence-corrected chi connectivity index (χ2v) is 1.44. The first-order valence-electron chi connectivity index (χ1n) is 2.32. The first-order valence-corrected chi connectivity index (χ1v) is 2.32. The number of nitrogens with two attached hydrogens (primary N) is 1. The molecule has 0 saturated carbocycles. The molecule has 0 amide bonds. The van der Waals surface area contributed by atoms with Crippen LogP contribution in [0, 0.1) is 0 Å². The fourth-order valence-corrected chi connectivity index (χ4v) is 0.248. The normalized spacial score (nSPS) is 13.1. The van der Waals surface area contributed by atoms with Crippen molar-refractivity contribution in [3.8, 4) is 0 Å². The molecule has 0 spiro atoms. The maximum atomic E-state index is 5.29. The third-order valence-electron chi connectivity index (χ3n) is 0.552.